The Kier molecular flexibility index (Phi) is 7.28. The van der Waals surface area contributed by atoms with E-state index in [-0.39, 0.29) is 54.6 Å². The van der Waals surface area contributed by atoms with Crippen LogP contribution in [0.4, 0.5) is 5.69 Å². The Hall–Kier alpha value is -1.74. The fraction of sp³-hybridized carbons (Fsp3) is 0.680. The molecule has 0 bridgehead atoms. The number of likely N-dealkylation sites (tertiary alicyclic amines) is 1. The molecule has 1 aromatic carbocycles. The summed E-state index contributed by atoms with van der Waals surface area (Å²) in [5, 5.41) is 9.59. The van der Waals surface area contributed by atoms with Gasteiger partial charge in [0.15, 0.2) is 8.32 Å². The number of carbonyl (C=O) groups is 2. The fourth-order valence-electron chi connectivity index (χ4n) is 5.99. The lowest BCUT2D eigenvalue weighted by Gasteiger charge is -2.31. The molecular weight excluding hydrogens is 436 g/mol. The number of hydrogen-bond acceptors (Lipinski definition) is 5. The molecular formula is C25H38N2O5Si. The van der Waals surface area contributed by atoms with E-state index in [1.54, 1.807) is 9.80 Å². The zero-order valence-electron chi connectivity index (χ0n) is 20.1. The number of aryl methyl sites for hydroxylation is 1. The summed E-state index contributed by atoms with van der Waals surface area (Å²) < 4.78 is 6.45. The lowest BCUT2D eigenvalue weighted by atomic mass is 9.95. The molecule has 8 heteroatoms. The van der Waals surface area contributed by atoms with Crippen LogP contribution in [0, 0.1) is 5.92 Å². The van der Waals surface area contributed by atoms with Crippen molar-refractivity contribution >= 4 is 25.8 Å². The van der Waals surface area contributed by atoms with Gasteiger partial charge in [-0.25, -0.2) is 0 Å². The maximum atomic E-state index is 13.0. The minimum atomic E-state index is -2.54. The van der Waals surface area contributed by atoms with Crippen molar-refractivity contribution in [1.82, 2.24) is 4.90 Å². The van der Waals surface area contributed by atoms with Crippen LogP contribution in [0.2, 0.25) is 18.6 Å². The first-order chi connectivity index (χ1) is 15.7. The number of β-lactam (4-membered cyclic amide) rings is 1. The van der Waals surface area contributed by atoms with Gasteiger partial charge < -0.3 is 24.4 Å². The summed E-state index contributed by atoms with van der Waals surface area (Å²) in [5.41, 5.74) is 2.15. The molecule has 3 heterocycles. The molecule has 3 saturated heterocycles. The van der Waals surface area contributed by atoms with E-state index in [4.69, 9.17) is 4.74 Å². The van der Waals surface area contributed by atoms with Gasteiger partial charge in [0.2, 0.25) is 11.8 Å². The molecule has 0 unspecified atom stereocenters. The van der Waals surface area contributed by atoms with Crippen LogP contribution in [0.15, 0.2) is 24.3 Å². The van der Waals surface area contributed by atoms with Gasteiger partial charge in [-0.1, -0.05) is 19.1 Å². The molecule has 2 amide bonds. The highest BCUT2D eigenvalue weighted by molar-refractivity contribution is 6.71. The minimum Gasteiger partial charge on any atom is -0.432 e. The smallest absolute Gasteiger partial charge is 0.228 e. The summed E-state index contributed by atoms with van der Waals surface area (Å²) >= 11 is 0. The Morgan fingerprint density at radius 2 is 1.91 bits per heavy atom. The maximum absolute atomic E-state index is 13.0. The molecule has 7 nitrogen and oxygen atoms in total. The average Bonchev–Trinajstić information content (AvgIpc) is 3.36. The summed E-state index contributed by atoms with van der Waals surface area (Å²) in [6.07, 6.45) is 4.08. The molecule has 2 N–H and O–H groups in total. The number of benzene rings is 1. The van der Waals surface area contributed by atoms with Crippen molar-refractivity contribution in [2.75, 3.05) is 24.6 Å². The van der Waals surface area contributed by atoms with E-state index in [1.807, 2.05) is 25.2 Å². The number of hydrogen-bond donors (Lipinski definition) is 2. The van der Waals surface area contributed by atoms with E-state index in [2.05, 4.69) is 19.1 Å². The Labute approximate surface area is 197 Å². The zero-order valence-corrected chi connectivity index (χ0v) is 21.1. The van der Waals surface area contributed by atoms with Gasteiger partial charge in [-0.2, -0.15) is 0 Å². The highest BCUT2D eigenvalue weighted by Crippen LogP contribution is 2.45. The summed E-state index contributed by atoms with van der Waals surface area (Å²) in [6.45, 7) is 7.53. The van der Waals surface area contributed by atoms with Crippen LogP contribution < -0.4 is 4.90 Å². The quantitative estimate of drug-likeness (QED) is 0.447. The standard InChI is InChI=1S/C25H38N2O5Si/c1-17-21(11-8-18-6-9-19(10-7-18)27-14-12-23(27)29)32-22(25(17)33(2,3)31)15-24(30)26-13-4-5-20(26)16-28/h6-7,9-10,17,20-22,25,28,31H,4-5,8,11-16H2,1-3H3/t17-,20+,21+,22-,25+/m1/s1. The van der Waals surface area contributed by atoms with Gasteiger partial charge in [0.05, 0.1) is 31.3 Å². The lowest BCUT2D eigenvalue weighted by Crippen LogP contribution is -2.43. The minimum absolute atomic E-state index is 0.00133. The van der Waals surface area contributed by atoms with Crippen LogP contribution in [0.3, 0.4) is 0 Å². The normalized spacial score (nSPS) is 30.1. The number of aliphatic hydroxyl groups is 1. The number of nitrogens with zero attached hydrogens (tertiary/aromatic N) is 2. The van der Waals surface area contributed by atoms with Crippen molar-refractivity contribution in [3.8, 4) is 0 Å². The zero-order chi connectivity index (χ0) is 23.8. The van der Waals surface area contributed by atoms with E-state index in [0.29, 0.717) is 13.0 Å². The van der Waals surface area contributed by atoms with Gasteiger partial charge in [-0.15, -0.1) is 0 Å². The van der Waals surface area contributed by atoms with Crippen molar-refractivity contribution in [1.29, 1.82) is 0 Å². The third kappa shape index (κ3) is 5.19. The molecule has 1 aromatic rings. The van der Waals surface area contributed by atoms with Crippen LogP contribution in [0.1, 0.15) is 44.6 Å². The molecule has 33 heavy (non-hydrogen) atoms. The SMILES string of the molecule is C[C@H]1[C@H]([Si](C)(C)O)[C@@H](CC(=O)N2CCC[C@H]2CO)O[C@H]1CCc1ccc(N2CCC2=O)cc1. The summed E-state index contributed by atoms with van der Waals surface area (Å²) in [6, 6.07) is 8.08. The van der Waals surface area contributed by atoms with Crippen LogP contribution in [0.25, 0.3) is 0 Å². The molecule has 3 fully saturated rings. The molecule has 5 atom stereocenters. The molecule has 3 aliphatic heterocycles. The third-order valence-electron chi connectivity index (χ3n) is 7.82. The van der Waals surface area contributed by atoms with Gasteiger partial charge >= 0.3 is 0 Å². The van der Waals surface area contributed by atoms with Crippen molar-refractivity contribution in [3.63, 3.8) is 0 Å². The topological polar surface area (TPSA) is 90.3 Å². The largest absolute Gasteiger partial charge is 0.432 e. The van der Waals surface area contributed by atoms with E-state index in [0.717, 1.165) is 37.9 Å². The van der Waals surface area contributed by atoms with Gasteiger partial charge in [0, 0.05) is 30.7 Å². The maximum Gasteiger partial charge on any atom is 0.228 e. The molecule has 0 aliphatic carbocycles. The number of rotatable bonds is 8. The van der Waals surface area contributed by atoms with E-state index in [1.165, 1.54) is 5.56 Å². The highest BCUT2D eigenvalue weighted by Gasteiger charge is 2.50. The average molecular weight is 475 g/mol. The number of aliphatic hydroxyl groups excluding tert-OH is 1. The Morgan fingerprint density at radius 1 is 1.18 bits per heavy atom. The Bertz CT molecular complexity index is 855. The first-order valence-electron chi connectivity index (χ1n) is 12.4. The number of amides is 2. The van der Waals surface area contributed by atoms with Crippen molar-refractivity contribution in [2.45, 2.75) is 82.3 Å². The molecule has 3 aliphatic rings. The van der Waals surface area contributed by atoms with Crippen LogP contribution in [-0.4, -0.2) is 72.9 Å². The molecule has 0 aromatic heterocycles. The predicted molar refractivity (Wildman–Crippen MR) is 129 cm³/mol. The second-order valence-corrected chi connectivity index (χ2v) is 14.5. The first kappa shape index (κ1) is 24.4. The molecule has 182 valence electrons. The van der Waals surface area contributed by atoms with E-state index >= 15 is 0 Å². The van der Waals surface area contributed by atoms with E-state index in [9.17, 15) is 19.5 Å². The van der Waals surface area contributed by atoms with Gasteiger partial charge in [0.25, 0.3) is 0 Å². The predicted octanol–water partition coefficient (Wildman–Crippen LogP) is 2.70. The monoisotopic (exact) mass is 474 g/mol. The van der Waals surface area contributed by atoms with Crippen molar-refractivity contribution in [2.24, 2.45) is 5.92 Å². The van der Waals surface area contributed by atoms with Crippen LogP contribution in [-0.2, 0) is 20.7 Å². The summed E-state index contributed by atoms with van der Waals surface area (Å²) in [5.74, 6) is 0.390. The van der Waals surface area contributed by atoms with E-state index < -0.39 is 8.32 Å². The Balaban J connectivity index is 1.38. The number of carbonyl (C=O) groups excluding carboxylic acids is 2. The van der Waals surface area contributed by atoms with Crippen molar-refractivity contribution in [3.05, 3.63) is 29.8 Å². The highest BCUT2D eigenvalue weighted by atomic mass is 28.4. The van der Waals surface area contributed by atoms with Gasteiger partial charge in [-0.05, 0) is 62.4 Å². The van der Waals surface area contributed by atoms with Crippen molar-refractivity contribution < 1.29 is 24.2 Å². The van der Waals surface area contributed by atoms with Crippen LogP contribution >= 0.6 is 0 Å². The van der Waals surface area contributed by atoms with Gasteiger partial charge in [0.1, 0.15) is 0 Å². The fourth-order valence-corrected chi connectivity index (χ4v) is 8.60. The number of ether oxygens (including phenoxy) is 1. The second-order valence-electron chi connectivity index (χ2n) is 10.5. The number of anilines is 1. The van der Waals surface area contributed by atoms with Gasteiger partial charge in [-0.3, -0.25) is 9.59 Å². The molecule has 0 saturated carbocycles. The summed E-state index contributed by atoms with van der Waals surface area (Å²) in [4.78, 5) is 39.3. The second kappa shape index (κ2) is 9.86. The Morgan fingerprint density at radius 3 is 2.48 bits per heavy atom. The lowest BCUT2D eigenvalue weighted by molar-refractivity contribution is -0.135. The third-order valence-corrected chi connectivity index (χ3v) is 10.3. The van der Waals surface area contributed by atoms with Crippen LogP contribution in [0.5, 0.6) is 0 Å². The first-order valence-corrected chi connectivity index (χ1v) is 15.4. The molecule has 0 spiro atoms. The summed E-state index contributed by atoms with van der Waals surface area (Å²) in [7, 11) is -2.54. The molecule has 0 radical (unpaired) electrons. The molecule has 4 rings (SSSR count).